The van der Waals surface area contributed by atoms with E-state index < -0.39 is 4.92 Å². The minimum Gasteiger partial charge on any atom is -0.710 e. The summed E-state index contributed by atoms with van der Waals surface area (Å²) < 4.78 is 2.23. The topological polar surface area (TPSA) is 75.0 Å². The normalized spacial score (nSPS) is 10.6. The van der Waals surface area contributed by atoms with Crippen LogP contribution in [-0.2, 0) is 7.05 Å². The maximum Gasteiger partial charge on any atom is 0.274 e. The first kappa shape index (κ1) is 8.49. The van der Waals surface area contributed by atoms with Crippen LogP contribution >= 0.6 is 0 Å². The molecule has 0 N–H and O–H groups in total. The Morgan fingerprint density at radius 1 is 1.50 bits per heavy atom. The van der Waals surface area contributed by atoms with E-state index in [1.54, 1.807) is 17.7 Å². The summed E-state index contributed by atoms with van der Waals surface area (Å²) in [5.74, 6) is 0. The molecular formula is C8H7N3O3. The number of nitrogens with zero attached hydrogens (tertiary/aromatic N) is 3. The van der Waals surface area contributed by atoms with Gasteiger partial charge in [-0.25, -0.2) is 9.30 Å². The lowest BCUT2D eigenvalue weighted by Gasteiger charge is -1.95. The highest BCUT2D eigenvalue weighted by Crippen LogP contribution is 2.17. The van der Waals surface area contributed by atoms with Crippen molar-refractivity contribution in [3.63, 3.8) is 0 Å². The second-order valence-electron chi connectivity index (χ2n) is 2.98. The smallest absolute Gasteiger partial charge is 0.274 e. The van der Waals surface area contributed by atoms with Crippen molar-refractivity contribution in [2.24, 2.45) is 7.05 Å². The van der Waals surface area contributed by atoms with E-state index in [4.69, 9.17) is 0 Å². The molecule has 0 saturated heterocycles. The summed E-state index contributed by atoms with van der Waals surface area (Å²) in [5, 5.41) is 21.7. The molecule has 6 nitrogen and oxygen atoms in total. The molecule has 0 bridgehead atoms. The van der Waals surface area contributed by atoms with Crippen LogP contribution in [0.25, 0.3) is 11.0 Å². The molecule has 0 radical (unpaired) electrons. The van der Waals surface area contributed by atoms with Crippen molar-refractivity contribution >= 4 is 16.7 Å². The fourth-order valence-corrected chi connectivity index (χ4v) is 1.38. The van der Waals surface area contributed by atoms with Crippen molar-refractivity contribution in [1.82, 2.24) is 4.57 Å². The lowest BCUT2D eigenvalue weighted by molar-refractivity contribution is -0.578. The van der Waals surface area contributed by atoms with Gasteiger partial charge in [0.05, 0.1) is 18.0 Å². The minimum atomic E-state index is -0.521. The zero-order chi connectivity index (χ0) is 10.3. The Labute approximate surface area is 78.7 Å². The molecule has 1 heterocycles. The highest BCUT2D eigenvalue weighted by Gasteiger charge is 2.13. The van der Waals surface area contributed by atoms with E-state index in [0.29, 0.717) is 15.8 Å². The summed E-state index contributed by atoms with van der Waals surface area (Å²) in [4.78, 5) is 9.93. The average molecular weight is 193 g/mol. The molecular weight excluding hydrogens is 186 g/mol. The van der Waals surface area contributed by atoms with Crippen LogP contribution in [0.15, 0.2) is 24.5 Å². The maximum atomic E-state index is 11.2. The van der Waals surface area contributed by atoms with Gasteiger partial charge >= 0.3 is 0 Å². The monoisotopic (exact) mass is 193 g/mol. The van der Waals surface area contributed by atoms with Crippen LogP contribution in [0.5, 0.6) is 0 Å². The van der Waals surface area contributed by atoms with Gasteiger partial charge in [0.25, 0.3) is 5.69 Å². The lowest BCUT2D eigenvalue weighted by atomic mass is 10.3. The van der Waals surface area contributed by atoms with Crippen LogP contribution in [-0.4, -0.2) is 9.49 Å². The predicted octanol–water partition coefficient (Wildman–Crippen LogP) is 0.720. The number of fused-ring (bicyclic) bond motifs is 1. The van der Waals surface area contributed by atoms with Crippen molar-refractivity contribution in [1.29, 1.82) is 0 Å². The second-order valence-corrected chi connectivity index (χ2v) is 2.98. The molecule has 2 aromatic rings. The first-order valence-electron chi connectivity index (χ1n) is 3.92. The molecule has 2 rings (SSSR count). The van der Waals surface area contributed by atoms with Crippen molar-refractivity contribution < 1.29 is 9.65 Å². The largest absolute Gasteiger partial charge is 0.710 e. The first-order chi connectivity index (χ1) is 6.59. The summed E-state index contributed by atoms with van der Waals surface area (Å²) in [6, 6.07) is 4.20. The van der Waals surface area contributed by atoms with Crippen molar-refractivity contribution in [2.45, 2.75) is 0 Å². The standard InChI is InChI=1S/C8H7N3O3/c1-9-5-10(12)8-4-6(11(13)14)2-3-7(8)9/h2-5H,1H3. The van der Waals surface area contributed by atoms with E-state index in [1.807, 2.05) is 0 Å². The van der Waals surface area contributed by atoms with Crippen molar-refractivity contribution in [2.75, 3.05) is 0 Å². The number of rotatable bonds is 1. The molecule has 0 aliphatic heterocycles. The molecule has 14 heavy (non-hydrogen) atoms. The Morgan fingerprint density at radius 3 is 2.86 bits per heavy atom. The fraction of sp³-hybridized carbons (Fsp3) is 0.125. The Kier molecular flexibility index (Phi) is 1.63. The van der Waals surface area contributed by atoms with E-state index in [9.17, 15) is 15.3 Å². The third kappa shape index (κ3) is 1.08. The van der Waals surface area contributed by atoms with Gasteiger partial charge in [-0.3, -0.25) is 10.1 Å². The SMILES string of the molecule is Cn1c[n+]([O-])c2cc([N+](=O)[O-])ccc21. The molecule has 72 valence electrons. The van der Waals surface area contributed by atoms with Crippen molar-refractivity contribution in [3.8, 4) is 0 Å². The zero-order valence-corrected chi connectivity index (χ0v) is 7.38. The summed E-state index contributed by atoms with van der Waals surface area (Å²) in [7, 11) is 1.71. The first-order valence-corrected chi connectivity index (χ1v) is 3.92. The third-order valence-electron chi connectivity index (χ3n) is 2.07. The molecule has 6 heteroatoms. The van der Waals surface area contributed by atoms with E-state index in [-0.39, 0.29) is 5.69 Å². The van der Waals surface area contributed by atoms with Gasteiger partial charge < -0.3 is 5.21 Å². The maximum absolute atomic E-state index is 11.2. The summed E-state index contributed by atoms with van der Waals surface area (Å²) in [6.07, 6.45) is 1.33. The average Bonchev–Trinajstić information content (AvgIpc) is 2.42. The fourth-order valence-electron chi connectivity index (χ4n) is 1.38. The Hall–Kier alpha value is -2.11. The zero-order valence-electron chi connectivity index (χ0n) is 7.38. The molecule has 0 atom stereocenters. The number of nitro benzene ring substituents is 1. The number of nitro groups is 1. The molecule has 0 unspecified atom stereocenters. The second kappa shape index (κ2) is 2.69. The molecule has 0 spiro atoms. The van der Waals surface area contributed by atoms with E-state index in [2.05, 4.69) is 0 Å². The quantitative estimate of drug-likeness (QED) is 0.290. The van der Waals surface area contributed by atoms with Crippen LogP contribution in [0, 0.1) is 15.3 Å². The summed E-state index contributed by atoms with van der Waals surface area (Å²) >= 11 is 0. The Balaban J connectivity index is 2.77. The van der Waals surface area contributed by atoms with Gasteiger partial charge in [0.2, 0.25) is 6.33 Å². The number of aryl methyl sites for hydroxylation is 1. The van der Waals surface area contributed by atoms with Crippen LogP contribution in [0.2, 0.25) is 0 Å². The predicted molar refractivity (Wildman–Crippen MR) is 48.5 cm³/mol. The van der Waals surface area contributed by atoms with Gasteiger partial charge in [-0.1, -0.05) is 0 Å². The molecule has 0 aliphatic carbocycles. The van der Waals surface area contributed by atoms with Crippen LogP contribution in [0.1, 0.15) is 0 Å². The van der Waals surface area contributed by atoms with Gasteiger partial charge in [0.15, 0.2) is 11.0 Å². The molecule has 0 saturated carbocycles. The van der Waals surface area contributed by atoms with Gasteiger partial charge in [0.1, 0.15) is 0 Å². The summed E-state index contributed by atoms with van der Waals surface area (Å²) in [5.41, 5.74) is 0.903. The van der Waals surface area contributed by atoms with E-state index >= 15 is 0 Å². The van der Waals surface area contributed by atoms with Gasteiger partial charge in [-0.05, 0) is 6.07 Å². The number of imidazole rings is 1. The van der Waals surface area contributed by atoms with Gasteiger partial charge in [-0.2, -0.15) is 0 Å². The highest BCUT2D eigenvalue weighted by molar-refractivity contribution is 5.74. The van der Waals surface area contributed by atoms with Gasteiger partial charge in [-0.15, -0.1) is 0 Å². The number of non-ortho nitro benzene ring substituents is 1. The van der Waals surface area contributed by atoms with Crippen molar-refractivity contribution in [3.05, 3.63) is 39.8 Å². The molecule has 1 aromatic carbocycles. The van der Waals surface area contributed by atoms with E-state index in [0.717, 1.165) is 0 Å². The highest BCUT2D eigenvalue weighted by atomic mass is 16.6. The molecule has 0 amide bonds. The number of aromatic nitrogens is 2. The summed E-state index contributed by atoms with van der Waals surface area (Å²) in [6.45, 7) is 0. The number of benzene rings is 1. The van der Waals surface area contributed by atoms with Crippen LogP contribution < -0.4 is 4.73 Å². The van der Waals surface area contributed by atoms with Crippen LogP contribution in [0.4, 0.5) is 5.69 Å². The van der Waals surface area contributed by atoms with E-state index in [1.165, 1.54) is 18.5 Å². The van der Waals surface area contributed by atoms with Crippen LogP contribution in [0.3, 0.4) is 0 Å². The Bertz CT molecular complexity index is 518. The number of hydrogen-bond acceptors (Lipinski definition) is 3. The molecule has 1 aromatic heterocycles. The molecule has 0 fully saturated rings. The number of hydrogen-bond donors (Lipinski definition) is 0. The Morgan fingerprint density at radius 2 is 2.21 bits per heavy atom. The van der Waals surface area contributed by atoms with Gasteiger partial charge in [0, 0.05) is 6.07 Å². The molecule has 0 aliphatic rings. The lowest BCUT2D eigenvalue weighted by Crippen LogP contribution is -2.22. The minimum absolute atomic E-state index is 0.0756. The third-order valence-corrected chi connectivity index (χ3v) is 2.07.